The minimum absolute atomic E-state index is 0.0872. The Labute approximate surface area is 122 Å². The molecule has 118 valence electrons. The predicted octanol–water partition coefficient (Wildman–Crippen LogP) is 2.04. The molecule has 1 rings (SSSR count). The van der Waals surface area contributed by atoms with Gasteiger partial charge in [0.2, 0.25) is 0 Å². The van der Waals surface area contributed by atoms with Crippen LogP contribution in [-0.4, -0.2) is 41.5 Å². The summed E-state index contributed by atoms with van der Waals surface area (Å²) in [5, 5.41) is 16.1. The Bertz CT molecular complexity index is 313. The van der Waals surface area contributed by atoms with Gasteiger partial charge in [0.05, 0.1) is 6.10 Å². The Morgan fingerprint density at radius 3 is 2.45 bits per heavy atom. The highest BCUT2D eigenvalue weighted by atomic mass is 16.6. The molecule has 0 bridgehead atoms. The molecule has 0 radical (unpaired) electrons. The third kappa shape index (κ3) is 6.09. The van der Waals surface area contributed by atoms with Crippen molar-refractivity contribution in [2.24, 2.45) is 5.92 Å². The first-order valence-electron chi connectivity index (χ1n) is 7.60. The van der Waals surface area contributed by atoms with E-state index >= 15 is 0 Å². The topological polar surface area (TPSA) is 70.6 Å². The second-order valence-electron chi connectivity index (χ2n) is 7.01. The summed E-state index contributed by atoms with van der Waals surface area (Å²) in [7, 11) is 0. The SMILES string of the molecule is CC(C)[C@H](O)CN[C@H]1CCC[C@H]1NC(=O)OC(C)(C)C. The number of aliphatic hydroxyl groups is 1. The van der Waals surface area contributed by atoms with E-state index in [2.05, 4.69) is 10.6 Å². The zero-order chi connectivity index (χ0) is 15.3. The Morgan fingerprint density at radius 2 is 1.90 bits per heavy atom. The summed E-state index contributed by atoms with van der Waals surface area (Å²) in [6.45, 7) is 10.1. The molecule has 0 unspecified atom stereocenters. The number of alkyl carbamates (subject to hydrolysis) is 1. The standard InChI is InChI=1S/C15H30N2O3/c1-10(2)13(18)9-16-11-7-6-8-12(11)17-14(19)20-15(3,4)5/h10-13,16,18H,6-9H2,1-5H3,(H,17,19)/t11-,12+,13+/m0/s1. The monoisotopic (exact) mass is 286 g/mol. The lowest BCUT2D eigenvalue weighted by Crippen LogP contribution is -2.49. The summed E-state index contributed by atoms with van der Waals surface area (Å²) in [6, 6.07) is 0.306. The van der Waals surface area contributed by atoms with Crippen LogP contribution in [0.1, 0.15) is 53.9 Å². The maximum atomic E-state index is 11.8. The molecule has 3 atom stereocenters. The highest BCUT2D eigenvalue weighted by molar-refractivity contribution is 5.68. The number of hydrogen-bond acceptors (Lipinski definition) is 4. The number of aliphatic hydroxyl groups excluding tert-OH is 1. The fourth-order valence-corrected chi connectivity index (χ4v) is 2.34. The van der Waals surface area contributed by atoms with Gasteiger partial charge in [0, 0.05) is 18.6 Å². The van der Waals surface area contributed by atoms with E-state index in [-0.39, 0.29) is 30.2 Å². The summed E-state index contributed by atoms with van der Waals surface area (Å²) in [5.41, 5.74) is -0.473. The molecule has 3 N–H and O–H groups in total. The normalized spacial score (nSPS) is 24.8. The van der Waals surface area contributed by atoms with Crippen LogP contribution in [-0.2, 0) is 4.74 Å². The van der Waals surface area contributed by atoms with Gasteiger partial charge in [-0.3, -0.25) is 0 Å². The fourth-order valence-electron chi connectivity index (χ4n) is 2.34. The van der Waals surface area contributed by atoms with Gasteiger partial charge in [0.25, 0.3) is 0 Å². The number of amides is 1. The fraction of sp³-hybridized carbons (Fsp3) is 0.933. The first-order valence-corrected chi connectivity index (χ1v) is 7.60. The molecule has 0 aromatic heterocycles. The average Bonchev–Trinajstić information content (AvgIpc) is 2.70. The van der Waals surface area contributed by atoms with Crippen LogP contribution in [0.3, 0.4) is 0 Å². The zero-order valence-electron chi connectivity index (χ0n) is 13.4. The van der Waals surface area contributed by atoms with Crippen LogP contribution < -0.4 is 10.6 Å². The summed E-state index contributed by atoms with van der Waals surface area (Å²) in [6.07, 6.45) is 2.34. The maximum Gasteiger partial charge on any atom is 0.407 e. The number of hydrogen-bond donors (Lipinski definition) is 3. The van der Waals surface area contributed by atoms with Crippen molar-refractivity contribution in [3.63, 3.8) is 0 Å². The maximum absolute atomic E-state index is 11.8. The Hall–Kier alpha value is -0.810. The van der Waals surface area contributed by atoms with E-state index in [0.29, 0.717) is 6.54 Å². The van der Waals surface area contributed by atoms with Gasteiger partial charge in [0.1, 0.15) is 5.60 Å². The third-order valence-electron chi connectivity index (χ3n) is 3.58. The number of carbonyl (C=O) groups is 1. The molecular formula is C15H30N2O3. The van der Waals surface area contributed by atoms with Crippen LogP contribution in [0.15, 0.2) is 0 Å². The van der Waals surface area contributed by atoms with Gasteiger partial charge >= 0.3 is 6.09 Å². The summed E-state index contributed by atoms with van der Waals surface area (Å²) >= 11 is 0. The average molecular weight is 286 g/mol. The van der Waals surface area contributed by atoms with Gasteiger partial charge in [-0.25, -0.2) is 4.79 Å². The van der Waals surface area contributed by atoms with Gasteiger partial charge in [-0.1, -0.05) is 13.8 Å². The van der Waals surface area contributed by atoms with E-state index in [1.54, 1.807) is 0 Å². The predicted molar refractivity (Wildman–Crippen MR) is 79.6 cm³/mol. The molecular weight excluding hydrogens is 256 g/mol. The van der Waals surface area contributed by atoms with Crippen molar-refractivity contribution in [2.45, 2.75) is 77.7 Å². The third-order valence-corrected chi connectivity index (χ3v) is 3.58. The van der Waals surface area contributed by atoms with Crippen molar-refractivity contribution < 1.29 is 14.6 Å². The van der Waals surface area contributed by atoms with Gasteiger partial charge in [0.15, 0.2) is 0 Å². The number of nitrogens with one attached hydrogen (secondary N) is 2. The van der Waals surface area contributed by atoms with Crippen LogP contribution in [0.5, 0.6) is 0 Å². The molecule has 1 saturated carbocycles. The van der Waals surface area contributed by atoms with Gasteiger partial charge < -0.3 is 20.5 Å². The van der Waals surface area contributed by atoms with Crippen molar-refractivity contribution in [2.75, 3.05) is 6.54 Å². The summed E-state index contributed by atoms with van der Waals surface area (Å²) in [4.78, 5) is 11.8. The lowest BCUT2D eigenvalue weighted by atomic mass is 10.1. The van der Waals surface area contributed by atoms with E-state index < -0.39 is 5.60 Å². The second kappa shape index (κ2) is 7.27. The summed E-state index contributed by atoms with van der Waals surface area (Å²) < 4.78 is 5.28. The molecule has 5 nitrogen and oxygen atoms in total. The smallest absolute Gasteiger partial charge is 0.407 e. The van der Waals surface area contributed by atoms with Crippen LogP contribution in [0.2, 0.25) is 0 Å². The van der Waals surface area contributed by atoms with Gasteiger partial charge in [-0.15, -0.1) is 0 Å². The number of carbonyl (C=O) groups excluding carboxylic acids is 1. The molecule has 0 spiro atoms. The van der Waals surface area contributed by atoms with Gasteiger partial charge in [-0.2, -0.15) is 0 Å². The highest BCUT2D eigenvalue weighted by Gasteiger charge is 2.30. The number of ether oxygens (including phenoxy) is 1. The van der Waals surface area contributed by atoms with E-state index in [4.69, 9.17) is 4.74 Å². The first kappa shape index (κ1) is 17.2. The van der Waals surface area contributed by atoms with Crippen molar-refractivity contribution in [3.8, 4) is 0 Å². The Kier molecular flexibility index (Phi) is 6.27. The van der Waals surface area contributed by atoms with Gasteiger partial charge in [-0.05, 0) is 46.0 Å². The molecule has 0 aromatic carbocycles. The van der Waals surface area contributed by atoms with E-state index in [9.17, 15) is 9.90 Å². The first-order chi connectivity index (χ1) is 9.19. The van der Waals surface area contributed by atoms with E-state index in [0.717, 1.165) is 19.3 Å². The van der Waals surface area contributed by atoms with Crippen LogP contribution in [0, 0.1) is 5.92 Å². The van der Waals surface area contributed by atoms with Crippen LogP contribution in [0.25, 0.3) is 0 Å². The molecule has 5 heteroatoms. The molecule has 20 heavy (non-hydrogen) atoms. The van der Waals surface area contributed by atoms with Crippen molar-refractivity contribution in [3.05, 3.63) is 0 Å². The molecule has 1 fully saturated rings. The molecule has 0 heterocycles. The van der Waals surface area contributed by atoms with E-state index in [1.807, 2.05) is 34.6 Å². The lowest BCUT2D eigenvalue weighted by Gasteiger charge is -2.26. The van der Waals surface area contributed by atoms with Crippen molar-refractivity contribution in [1.29, 1.82) is 0 Å². The summed E-state index contributed by atoms with van der Waals surface area (Å²) in [5.74, 6) is 0.237. The van der Waals surface area contributed by atoms with E-state index in [1.165, 1.54) is 0 Å². The molecule has 0 saturated heterocycles. The number of rotatable bonds is 5. The molecule has 0 aromatic rings. The van der Waals surface area contributed by atoms with Crippen LogP contribution >= 0.6 is 0 Å². The highest BCUT2D eigenvalue weighted by Crippen LogP contribution is 2.20. The minimum Gasteiger partial charge on any atom is -0.444 e. The molecule has 1 aliphatic rings. The molecule has 1 amide bonds. The van der Waals surface area contributed by atoms with Crippen molar-refractivity contribution in [1.82, 2.24) is 10.6 Å². The molecule has 0 aliphatic heterocycles. The second-order valence-corrected chi connectivity index (χ2v) is 7.01. The minimum atomic E-state index is -0.473. The van der Waals surface area contributed by atoms with Crippen molar-refractivity contribution >= 4 is 6.09 Å². The quantitative estimate of drug-likeness (QED) is 0.723. The largest absolute Gasteiger partial charge is 0.444 e. The Balaban J connectivity index is 2.39. The Morgan fingerprint density at radius 1 is 1.30 bits per heavy atom. The zero-order valence-corrected chi connectivity index (χ0v) is 13.4. The van der Waals surface area contributed by atoms with Crippen LogP contribution in [0.4, 0.5) is 4.79 Å². The lowest BCUT2D eigenvalue weighted by molar-refractivity contribution is 0.0495. The molecule has 1 aliphatic carbocycles.